The number of hydrogen-bond donors (Lipinski definition) is 3. The second-order valence-corrected chi connectivity index (χ2v) is 5.44. The Labute approximate surface area is 117 Å². The molecule has 1 aliphatic rings. The molecule has 0 aliphatic heterocycles. The van der Waals surface area contributed by atoms with Crippen LogP contribution in [0.1, 0.15) is 25.7 Å². The molecule has 0 bridgehead atoms. The smallest absolute Gasteiger partial charge is 0.169 e. The van der Waals surface area contributed by atoms with E-state index in [1.165, 1.54) is 6.07 Å². The van der Waals surface area contributed by atoms with Gasteiger partial charge < -0.3 is 21.5 Å². The van der Waals surface area contributed by atoms with Crippen LogP contribution in [0.2, 0.25) is 5.02 Å². The van der Waals surface area contributed by atoms with E-state index in [4.69, 9.17) is 23.1 Å². The van der Waals surface area contributed by atoms with Crippen molar-refractivity contribution in [2.75, 3.05) is 23.4 Å². The van der Waals surface area contributed by atoms with Crippen molar-refractivity contribution < 1.29 is 9.50 Å². The average Bonchev–Trinajstić information content (AvgIpc) is 2.36. The highest BCUT2D eigenvalue weighted by Crippen LogP contribution is 2.38. The lowest BCUT2D eigenvalue weighted by molar-refractivity contribution is 0.106. The van der Waals surface area contributed by atoms with Crippen LogP contribution in [0.4, 0.5) is 21.5 Å². The molecule has 0 amide bonds. The number of rotatable bonds is 2. The second-order valence-electron chi connectivity index (χ2n) is 5.06. The summed E-state index contributed by atoms with van der Waals surface area (Å²) in [5, 5.41) is 9.92. The summed E-state index contributed by atoms with van der Waals surface area (Å²) < 4.78 is 14.2. The molecule has 4 nitrogen and oxygen atoms in total. The highest BCUT2D eigenvalue weighted by molar-refractivity contribution is 6.33. The van der Waals surface area contributed by atoms with Crippen LogP contribution >= 0.6 is 11.6 Å². The predicted molar refractivity (Wildman–Crippen MR) is 76.9 cm³/mol. The average molecular weight is 288 g/mol. The van der Waals surface area contributed by atoms with E-state index < -0.39 is 11.9 Å². The fourth-order valence-electron chi connectivity index (χ4n) is 2.72. The van der Waals surface area contributed by atoms with Gasteiger partial charge in [0, 0.05) is 7.05 Å². The fourth-order valence-corrected chi connectivity index (χ4v) is 2.87. The van der Waals surface area contributed by atoms with Gasteiger partial charge in [-0.25, -0.2) is 4.39 Å². The first-order valence-electron chi connectivity index (χ1n) is 6.37. The Kier molecular flexibility index (Phi) is 4.06. The maximum Gasteiger partial charge on any atom is 0.169 e. The van der Waals surface area contributed by atoms with Crippen LogP contribution in [0.5, 0.6) is 0 Å². The first-order chi connectivity index (χ1) is 8.93. The van der Waals surface area contributed by atoms with E-state index in [-0.39, 0.29) is 28.1 Å². The summed E-state index contributed by atoms with van der Waals surface area (Å²) in [6, 6.07) is 1.30. The number of hydrogen-bond acceptors (Lipinski definition) is 4. The number of anilines is 3. The van der Waals surface area contributed by atoms with Crippen LogP contribution in [-0.2, 0) is 0 Å². The summed E-state index contributed by atoms with van der Waals surface area (Å²) in [7, 11) is 1.72. The zero-order chi connectivity index (χ0) is 14.2. The highest BCUT2D eigenvalue weighted by atomic mass is 35.5. The molecule has 1 aromatic rings. The van der Waals surface area contributed by atoms with Gasteiger partial charge in [-0.3, -0.25) is 0 Å². The van der Waals surface area contributed by atoms with Crippen molar-refractivity contribution in [2.24, 2.45) is 0 Å². The summed E-state index contributed by atoms with van der Waals surface area (Å²) in [4.78, 5) is 1.68. The van der Waals surface area contributed by atoms with Gasteiger partial charge in [0.25, 0.3) is 0 Å². The molecule has 0 saturated heterocycles. The summed E-state index contributed by atoms with van der Waals surface area (Å²) in [6.07, 6.45) is 3.05. The first kappa shape index (κ1) is 14.2. The number of nitrogens with two attached hydrogens (primary N) is 2. The van der Waals surface area contributed by atoms with Crippen LogP contribution in [0, 0.1) is 5.82 Å². The minimum atomic E-state index is -0.626. The maximum atomic E-state index is 14.2. The SMILES string of the molecule is CN(c1c(N)cc(N)c(Cl)c1F)C1CCCCC1O. The second kappa shape index (κ2) is 5.43. The van der Waals surface area contributed by atoms with Crippen molar-refractivity contribution in [3.63, 3.8) is 0 Å². The molecule has 5 N–H and O–H groups in total. The highest BCUT2D eigenvalue weighted by Gasteiger charge is 2.30. The van der Waals surface area contributed by atoms with E-state index in [1.807, 2.05) is 0 Å². The molecule has 1 saturated carbocycles. The Balaban J connectivity index is 2.38. The Bertz CT molecular complexity index is 483. The maximum absolute atomic E-state index is 14.2. The molecule has 1 aliphatic carbocycles. The molecule has 2 unspecified atom stereocenters. The quantitative estimate of drug-likeness (QED) is 0.730. The van der Waals surface area contributed by atoms with E-state index in [0.717, 1.165) is 25.7 Å². The third kappa shape index (κ3) is 2.58. The standard InChI is InChI=1S/C13H19ClFN3O/c1-18(9-4-2-3-5-10(9)19)13-8(17)6-7(16)11(14)12(13)15/h6,9-10,19H,2-5,16-17H2,1H3. The third-order valence-electron chi connectivity index (χ3n) is 3.78. The molecule has 0 aromatic heterocycles. The van der Waals surface area contributed by atoms with E-state index in [1.54, 1.807) is 11.9 Å². The normalized spacial score (nSPS) is 23.4. The first-order valence-corrected chi connectivity index (χ1v) is 6.75. The number of nitrogens with zero attached hydrogens (tertiary/aromatic N) is 1. The molecular weight excluding hydrogens is 269 g/mol. The van der Waals surface area contributed by atoms with Gasteiger partial charge in [0.15, 0.2) is 5.82 Å². The lowest BCUT2D eigenvalue weighted by atomic mass is 9.91. The number of nitrogen functional groups attached to an aromatic ring is 2. The summed E-state index contributed by atoms with van der Waals surface area (Å²) in [6.45, 7) is 0. The number of benzene rings is 1. The van der Waals surface area contributed by atoms with E-state index in [0.29, 0.717) is 0 Å². The van der Waals surface area contributed by atoms with E-state index >= 15 is 0 Å². The van der Waals surface area contributed by atoms with Crippen molar-refractivity contribution in [1.82, 2.24) is 0 Å². The molecule has 0 spiro atoms. The van der Waals surface area contributed by atoms with Crippen LogP contribution in [-0.4, -0.2) is 24.3 Å². The van der Waals surface area contributed by atoms with Gasteiger partial charge in [0.05, 0.1) is 29.2 Å². The molecule has 19 heavy (non-hydrogen) atoms. The van der Waals surface area contributed by atoms with E-state index in [9.17, 15) is 9.50 Å². The Hall–Kier alpha value is -1.20. The van der Waals surface area contributed by atoms with Crippen molar-refractivity contribution >= 4 is 28.7 Å². The van der Waals surface area contributed by atoms with Crippen molar-refractivity contribution in [2.45, 2.75) is 37.8 Å². The monoisotopic (exact) mass is 287 g/mol. The molecule has 2 atom stereocenters. The van der Waals surface area contributed by atoms with Gasteiger partial charge in [-0.2, -0.15) is 0 Å². The lowest BCUT2D eigenvalue weighted by Crippen LogP contribution is -2.44. The van der Waals surface area contributed by atoms with Gasteiger partial charge in [-0.15, -0.1) is 0 Å². The number of halogens is 2. The Morgan fingerprint density at radius 1 is 1.32 bits per heavy atom. The van der Waals surface area contributed by atoms with Gasteiger partial charge in [0.1, 0.15) is 5.02 Å². The zero-order valence-corrected chi connectivity index (χ0v) is 11.6. The number of aliphatic hydroxyl groups excluding tert-OH is 1. The molecular formula is C13H19ClFN3O. The van der Waals surface area contributed by atoms with E-state index in [2.05, 4.69) is 0 Å². The van der Waals surface area contributed by atoms with Crippen molar-refractivity contribution in [3.8, 4) is 0 Å². The van der Waals surface area contributed by atoms with Gasteiger partial charge >= 0.3 is 0 Å². The molecule has 2 rings (SSSR count). The minimum Gasteiger partial charge on any atom is -0.397 e. The molecule has 1 aromatic carbocycles. The largest absolute Gasteiger partial charge is 0.397 e. The number of aliphatic hydroxyl groups is 1. The Morgan fingerprint density at radius 3 is 2.58 bits per heavy atom. The van der Waals surface area contributed by atoms with Crippen LogP contribution in [0.3, 0.4) is 0 Å². The molecule has 0 radical (unpaired) electrons. The molecule has 1 fully saturated rings. The molecule has 0 heterocycles. The summed E-state index contributed by atoms with van der Waals surface area (Å²) in [5.41, 5.74) is 12.0. The van der Waals surface area contributed by atoms with Crippen LogP contribution < -0.4 is 16.4 Å². The fraction of sp³-hybridized carbons (Fsp3) is 0.538. The van der Waals surface area contributed by atoms with Crippen molar-refractivity contribution in [1.29, 1.82) is 0 Å². The zero-order valence-electron chi connectivity index (χ0n) is 10.9. The third-order valence-corrected chi connectivity index (χ3v) is 4.17. The Morgan fingerprint density at radius 2 is 1.95 bits per heavy atom. The number of likely N-dealkylation sites (N-methyl/N-ethyl adjacent to an activating group) is 1. The van der Waals surface area contributed by atoms with Gasteiger partial charge in [-0.1, -0.05) is 24.4 Å². The lowest BCUT2D eigenvalue weighted by Gasteiger charge is -2.37. The van der Waals surface area contributed by atoms with Crippen LogP contribution in [0.15, 0.2) is 6.07 Å². The van der Waals surface area contributed by atoms with Gasteiger partial charge in [0.2, 0.25) is 0 Å². The minimum absolute atomic E-state index is 0.123. The topological polar surface area (TPSA) is 75.5 Å². The summed E-state index contributed by atoms with van der Waals surface area (Å²) in [5.74, 6) is -0.626. The molecule has 6 heteroatoms. The van der Waals surface area contributed by atoms with Crippen LogP contribution in [0.25, 0.3) is 0 Å². The summed E-state index contributed by atoms with van der Waals surface area (Å²) >= 11 is 5.83. The van der Waals surface area contributed by atoms with Crippen molar-refractivity contribution in [3.05, 3.63) is 16.9 Å². The molecule has 106 valence electrons. The van der Waals surface area contributed by atoms with Gasteiger partial charge in [-0.05, 0) is 18.9 Å². The predicted octanol–water partition coefficient (Wildman–Crippen LogP) is 2.38.